The molecule has 0 fully saturated rings. The van der Waals surface area contributed by atoms with Gasteiger partial charge in [0.05, 0.1) is 33.3 Å². The number of halogens is 1. The molecule has 4 rings (SSSR count). The highest BCUT2D eigenvalue weighted by Gasteiger charge is 2.18. The molecule has 164 valence electrons. The average molecular weight is 436 g/mol. The zero-order valence-corrected chi connectivity index (χ0v) is 17.6. The average Bonchev–Trinajstić information content (AvgIpc) is 3.28. The lowest BCUT2D eigenvalue weighted by atomic mass is 10.0. The van der Waals surface area contributed by atoms with Crippen LogP contribution in [0.5, 0.6) is 5.75 Å². The Hall–Kier alpha value is -3.78. The van der Waals surface area contributed by atoms with E-state index in [0.717, 1.165) is 0 Å². The van der Waals surface area contributed by atoms with Crippen LogP contribution < -0.4 is 4.74 Å². The van der Waals surface area contributed by atoms with Gasteiger partial charge in [-0.3, -0.25) is 14.9 Å². The number of nitrogens with zero attached hydrogens (tertiary/aromatic N) is 3. The fourth-order valence-electron chi connectivity index (χ4n) is 3.57. The lowest BCUT2D eigenvalue weighted by molar-refractivity contribution is 0.0785. The first-order valence-electron chi connectivity index (χ1n) is 11.0. The molecule has 2 N–H and O–H groups in total. The third kappa shape index (κ3) is 4.17. The molecule has 0 saturated carbocycles. The fourth-order valence-corrected chi connectivity index (χ4v) is 3.57. The number of fused-ring (bicyclic) bond motifs is 1. The van der Waals surface area contributed by atoms with Gasteiger partial charge in [-0.1, -0.05) is 12.1 Å². The Morgan fingerprint density at radius 1 is 1.28 bits per heavy atom. The first kappa shape index (κ1) is 18.9. The monoisotopic (exact) mass is 436 g/mol. The van der Waals surface area contributed by atoms with Gasteiger partial charge >= 0.3 is 0 Å². The summed E-state index contributed by atoms with van der Waals surface area (Å²) in [5, 5.41) is 16.8. The number of amides is 1. The molecule has 4 aromatic rings. The number of rotatable bonds is 7. The largest absolute Gasteiger partial charge is 0.493 e. The molecule has 0 atom stereocenters. The van der Waals surface area contributed by atoms with Crippen molar-refractivity contribution in [3.8, 4) is 16.9 Å². The van der Waals surface area contributed by atoms with E-state index in [4.69, 9.17) is 7.48 Å². The zero-order valence-electron chi connectivity index (χ0n) is 19.6. The van der Waals surface area contributed by atoms with Gasteiger partial charge in [-0.2, -0.15) is 5.10 Å². The van der Waals surface area contributed by atoms with Crippen LogP contribution in [-0.4, -0.2) is 44.7 Å². The van der Waals surface area contributed by atoms with Crippen LogP contribution in [0.1, 0.15) is 31.3 Å². The molecule has 2 aromatic heterocycles. The van der Waals surface area contributed by atoms with Crippen LogP contribution in [0.25, 0.3) is 22.0 Å². The van der Waals surface area contributed by atoms with E-state index in [0.29, 0.717) is 45.5 Å². The number of aromatic amines is 1. The van der Waals surface area contributed by atoms with E-state index in [-0.39, 0.29) is 24.0 Å². The van der Waals surface area contributed by atoms with Crippen molar-refractivity contribution < 1.29 is 21.8 Å². The van der Waals surface area contributed by atoms with E-state index >= 15 is 0 Å². The van der Waals surface area contributed by atoms with E-state index < -0.39 is 6.56 Å². The first-order chi connectivity index (χ1) is 16.2. The van der Waals surface area contributed by atoms with Crippen LogP contribution in [0.4, 0.5) is 4.39 Å². The quantitative estimate of drug-likeness (QED) is 0.458. The van der Waals surface area contributed by atoms with Crippen LogP contribution >= 0.6 is 0 Å². The normalized spacial score (nSPS) is 12.4. The molecule has 0 aliphatic carbocycles. The van der Waals surface area contributed by atoms with Crippen molar-refractivity contribution in [1.82, 2.24) is 20.1 Å². The van der Waals surface area contributed by atoms with Gasteiger partial charge in [0.1, 0.15) is 11.6 Å². The molecule has 1 amide bonds. The molecule has 0 bridgehead atoms. The lowest BCUT2D eigenvalue weighted by Crippen LogP contribution is -2.26. The van der Waals surface area contributed by atoms with Gasteiger partial charge in [-0.05, 0) is 42.8 Å². The summed E-state index contributed by atoms with van der Waals surface area (Å²) in [5.74, 6) is -0.167. The van der Waals surface area contributed by atoms with Gasteiger partial charge in [-0.25, -0.2) is 4.39 Å². The number of ether oxygens (including phenoxy) is 1. The van der Waals surface area contributed by atoms with Crippen LogP contribution in [0.2, 0.25) is 0 Å². The van der Waals surface area contributed by atoms with Crippen molar-refractivity contribution in [2.75, 3.05) is 13.7 Å². The summed E-state index contributed by atoms with van der Waals surface area (Å²) >= 11 is 0. The maximum atomic E-state index is 13.7. The number of hydrogen-bond donors (Lipinski definition) is 2. The van der Waals surface area contributed by atoms with Crippen molar-refractivity contribution in [2.45, 2.75) is 20.0 Å². The Kier molecular flexibility index (Phi) is 5.42. The number of carbonyl (C=O) groups is 1. The maximum Gasteiger partial charge on any atom is 0.254 e. The smallest absolute Gasteiger partial charge is 0.254 e. The van der Waals surface area contributed by atoms with Crippen molar-refractivity contribution >= 4 is 16.8 Å². The summed E-state index contributed by atoms with van der Waals surface area (Å²) in [6, 6.07) is 11.2. The second-order valence-corrected chi connectivity index (χ2v) is 7.22. The Morgan fingerprint density at radius 2 is 2.12 bits per heavy atom. The summed E-state index contributed by atoms with van der Waals surface area (Å²) in [4.78, 5) is 18.7. The molecule has 0 spiro atoms. The Labute approximate surface area is 187 Å². The van der Waals surface area contributed by atoms with Gasteiger partial charge in [0.15, 0.2) is 0 Å². The maximum absolute atomic E-state index is 13.7. The molecular weight excluding hydrogens is 411 g/mol. The van der Waals surface area contributed by atoms with E-state index in [9.17, 15) is 14.3 Å². The second kappa shape index (κ2) is 9.15. The van der Waals surface area contributed by atoms with Crippen LogP contribution in [0.3, 0.4) is 0 Å². The van der Waals surface area contributed by atoms with Crippen molar-refractivity contribution in [1.29, 1.82) is 0 Å². The van der Waals surface area contributed by atoms with Crippen molar-refractivity contribution in [3.05, 3.63) is 77.5 Å². The van der Waals surface area contributed by atoms with E-state index in [1.54, 1.807) is 37.4 Å². The Morgan fingerprint density at radius 3 is 2.88 bits per heavy atom. The number of aliphatic hydroxyl groups is 1. The second-order valence-electron chi connectivity index (χ2n) is 7.22. The number of pyridine rings is 1. The minimum atomic E-state index is -2.62. The Balaban J connectivity index is 1.62. The minimum absolute atomic E-state index is 0.150. The summed E-state index contributed by atoms with van der Waals surface area (Å²) in [6.45, 7) is -0.253. The molecule has 0 saturated heterocycles. The highest BCUT2D eigenvalue weighted by molar-refractivity contribution is 5.95. The summed E-state index contributed by atoms with van der Waals surface area (Å²) in [6.07, 6.45) is 2.79. The predicted octanol–water partition coefficient (Wildman–Crippen LogP) is 3.93. The van der Waals surface area contributed by atoms with Gasteiger partial charge in [-0.15, -0.1) is 0 Å². The number of aromatic nitrogens is 3. The number of hydrogen-bond acceptors (Lipinski definition) is 5. The lowest BCUT2D eigenvalue weighted by Gasteiger charge is -2.19. The van der Waals surface area contributed by atoms with Crippen LogP contribution in [0.15, 0.2) is 54.9 Å². The summed E-state index contributed by atoms with van der Waals surface area (Å²) in [5.41, 5.74) is 2.66. The first-order valence-corrected chi connectivity index (χ1v) is 10.0. The highest BCUT2D eigenvalue weighted by Crippen LogP contribution is 2.32. The predicted molar refractivity (Wildman–Crippen MR) is 119 cm³/mol. The topological polar surface area (TPSA) is 91.3 Å². The van der Waals surface area contributed by atoms with Gasteiger partial charge < -0.3 is 14.7 Å². The SMILES string of the molecule is [2H]C([2H])(O)c1ncc(CN(C)C(=O)c2ccc(-c3cccc(F)c3)c(OCC)c2)c2[nH]ncc12. The molecule has 0 radical (unpaired) electrons. The van der Waals surface area contributed by atoms with E-state index in [1.807, 2.05) is 6.92 Å². The molecule has 32 heavy (non-hydrogen) atoms. The van der Waals surface area contributed by atoms with Crippen molar-refractivity contribution in [2.24, 2.45) is 0 Å². The highest BCUT2D eigenvalue weighted by atomic mass is 19.1. The van der Waals surface area contributed by atoms with Gasteiger partial charge in [0.2, 0.25) is 0 Å². The zero-order chi connectivity index (χ0) is 24.5. The van der Waals surface area contributed by atoms with Crippen LogP contribution in [0, 0.1) is 5.82 Å². The summed E-state index contributed by atoms with van der Waals surface area (Å²) < 4.78 is 34.6. The molecule has 0 unspecified atom stereocenters. The molecule has 2 aromatic carbocycles. The van der Waals surface area contributed by atoms with E-state index in [1.165, 1.54) is 29.4 Å². The van der Waals surface area contributed by atoms with E-state index in [2.05, 4.69) is 15.2 Å². The summed E-state index contributed by atoms with van der Waals surface area (Å²) in [7, 11) is 1.63. The van der Waals surface area contributed by atoms with Gasteiger partial charge in [0, 0.05) is 41.9 Å². The van der Waals surface area contributed by atoms with Crippen LogP contribution in [-0.2, 0) is 13.1 Å². The Bertz CT molecular complexity index is 1350. The molecule has 0 aliphatic heterocycles. The molecule has 7 nitrogen and oxygen atoms in total. The number of nitrogens with one attached hydrogen (secondary N) is 1. The molecule has 0 aliphatic rings. The molecule has 2 heterocycles. The molecular formula is C24H23FN4O3. The van der Waals surface area contributed by atoms with Gasteiger partial charge in [0.25, 0.3) is 5.91 Å². The fraction of sp³-hybridized carbons (Fsp3) is 0.208. The third-order valence-electron chi connectivity index (χ3n) is 5.09. The minimum Gasteiger partial charge on any atom is -0.493 e. The van der Waals surface area contributed by atoms with Crippen molar-refractivity contribution in [3.63, 3.8) is 0 Å². The number of benzene rings is 2. The number of carbonyl (C=O) groups excluding carboxylic acids is 1. The number of H-pyrrole nitrogens is 1. The third-order valence-corrected chi connectivity index (χ3v) is 5.09. The molecule has 8 heteroatoms. The standard InChI is InChI=1S/C24H23FN4O3/c1-3-32-22-10-16(7-8-19(22)15-5-4-6-18(25)9-15)24(31)29(2)13-17-11-26-21(14-30)20-12-27-28-23(17)20/h4-12,30H,3,13-14H2,1-2H3,(H,27,28)/i14D2.